The van der Waals surface area contributed by atoms with Crippen molar-refractivity contribution in [3.05, 3.63) is 48.3 Å². The Morgan fingerprint density at radius 3 is 2.73 bits per heavy atom. The van der Waals surface area contributed by atoms with Gasteiger partial charge in [0, 0.05) is 24.2 Å². The fourth-order valence-electron chi connectivity index (χ4n) is 2.64. The molecule has 5 heteroatoms. The van der Waals surface area contributed by atoms with Crippen LogP contribution >= 0.6 is 0 Å². The number of ether oxygens (including phenoxy) is 2. The minimum Gasteiger partial charge on any atom is -0.454 e. The van der Waals surface area contributed by atoms with E-state index in [1.807, 2.05) is 61.3 Å². The number of anilines is 2. The first-order valence-electron chi connectivity index (χ1n) is 7.09. The van der Waals surface area contributed by atoms with E-state index in [9.17, 15) is 0 Å². The summed E-state index contributed by atoms with van der Waals surface area (Å²) in [5, 5.41) is 1.02. The van der Waals surface area contributed by atoms with E-state index in [-0.39, 0.29) is 6.79 Å². The maximum atomic E-state index is 5.45. The van der Waals surface area contributed by atoms with Crippen LogP contribution in [0.25, 0.3) is 10.9 Å². The summed E-state index contributed by atoms with van der Waals surface area (Å²) < 4.78 is 10.8. The van der Waals surface area contributed by atoms with Gasteiger partial charge in [0.05, 0.1) is 5.52 Å². The summed E-state index contributed by atoms with van der Waals surface area (Å²) in [6, 6.07) is 13.9. The molecule has 0 saturated carbocycles. The molecule has 1 aromatic heterocycles. The van der Waals surface area contributed by atoms with E-state index >= 15 is 0 Å². The molecule has 0 saturated heterocycles. The second kappa shape index (κ2) is 4.87. The molecule has 1 aliphatic heterocycles. The first kappa shape index (κ1) is 12.9. The average Bonchev–Trinajstić information content (AvgIpc) is 3.00. The van der Waals surface area contributed by atoms with Gasteiger partial charge in [-0.05, 0) is 31.2 Å². The van der Waals surface area contributed by atoms with Crippen molar-refractivity contribution in [1.29, 1.82) is 0 Å². The van der Waals surface area contributed by atoms with Crippen molar-refractivity contribution >= 4 is 22.4 Å². The Morgan fingerprint density at radius 1 is 1.00 bits per heavy atom. The SMILES string of the molecule is Cc1nc(N(C)c2ccc3c(c2)OCO3)c2ccccc2n1. The van der Waals surface area contributed by atoms with Crippen molar-refractivity contribution in [3.8, 4) is 11.5 Å². The Hall–Kier alpha value is -2.82. The first-order valence-corrected chi connectivity index (χ1v) is 7.09. The zero-order chi connectivity index (χ0) is 15.1. The number of aromatic nitrogens is 2. The zero-order valence-corrected chi connectivity index (χ0v) is 12.4. The summed E-state index contributed by atoms with van der Waals surface area (Å²) >= 11 is 0. The van der Waals surface area contributed by atoms with E-state index in [0.717, 1.165) is 39.7 Å². The van der Waals surface area contributed by atoms with Crippen molar-refractivity contribution in [3.63, 3.8) is 0 Å². The first-order chi connectivity index (χ1) is 10.7. The molecule has 1 aliphatic rings. The van der Waals surface area contributed by atoms with Gasteiger partial charge in [0.1, 0.15) is 11.6 Å². The molecular weight excluding hydrogens is 278 g/mol. The van der Waals surface area contributed by atoms with E-state index in [1.54, 1.807) is 0 Å². The molecule has 0 aliphatic carbocycles. The van der Waals surface area contributed by atoms with E-state index in [2.05, 4.69) is 9.97 Å². The highest BCUT2D eigenvalue weighted by atomic mass is 16.7. The summed E-state index contributed by atoms with van der Waals surface area (Å²) in [5.41, 5.74) is 1.94. The van der Waals surface area contributed by atoms with Crippen molar-refractivity contribution in [2.75, 3.05) is 18.7 Å². The molecule has 0 unspecified atom stereocenters. The van der Waals surface area contributed by atoms with Crippen LogP contribution in [0.1, 0.15) is 5.82 Å². The molecule has 0 fully saturated rings. The molecule has 0 atom stereocenters. The van der Waals surface area contributed by atoms with Gasteiger partial charge < -0.3 is 14.4 Å². The summed E-state index contributed by atoms with van der Waals surface area (Å²) in [4.78, 5) is 11.1. The maximum absolute atomic E-state index is 5.45. The highest BCUT2D eigenvalue weighted by Gasteiger charge is 2.17. The van der Waals surface area contributed by atoms with Crippen molar-refractivity contribution in [2.45, 2.75) is 6.92 Å². The lowest BCUT2D eigenvalue weighted by molar-refractivity contribution is 0.174. The molecule has 0 radical (unpaired) electrons. The van der Waals surface area contributed by atoms with Crippen LogP contribution in [0.5, 0.6) is 11.5 Å². The lowest BCUT2D eigenvalue weighted by Gasteiger charge is -2.20. The van der Waals surface area contributed by atoms with Crippen molar-refractivity contribution < 1.29 is 9.47 Å². The third-order valence-electron chi connectivity index (χ3n) is 3.76. The topological polar surface area (TPSA) is 47.5 Å². The second-order valence-corrected chi connectivity index (χ2v) is 5.21. The number of rotatable bonds is 2. The monoisotopic (exact) mass is 293 g/mol. The smallest absolute Gasteiger partial charge is 0.231 e. The fourth-order valence-corrected chi connectivity index (χ4v) is 2.64. The zero-order valence-electron chi connectivity index (χ0n) is 12.4. The van der Waals surface area contributed by atoms with Crippen molar-refractivity contribution in [2.24, 2.45) is 0 Å². The molecule has 0 amide bonds. The molecule has 22 heavy (non-hydrogen) atoms. The molecule has 0 N–H and O–H groups in total. The number of nitrogens with zero attached hydrogens (tertiary/aromatic N) is 3. The quantitative estimate of drug-likeness (QED) is 0.724. The van der Waals surface area contributed by atoms with Gasteiger partial charge in [-0.15, -0.1) is 0 Å². The van der Waals surface area contributed by atoms with Crippen molar-refractivity contribution in [1.82, 2.24) is 9.97 Å². The van der Waals surface area contributed by atoms with Gasteiger partial charge >= 0.3 is 0 Å². The molecule has 2 heterocycles. The molecule has 110 valence electrons. The molecule has 0 bridgehead atoms. The van der Waals surface area contributed by atoms with Gasteiger partial charge in [-0.25, -0.2) is 9.97 Å². The normalized spacial score (nSPS) is 12.6. The van der Waals surface area contributed by atoms with Crippen LogP contribution in [0.15, 0.2) is 42.5 Å². The second-order valence-electron chi connectivity index (χ2n) is 5.21. The average molecular weight is 293 g/mol. The Bertz CT molecular complexity index is 864. The Balaban J connectivity index is 1.84. The largest absolute Gasteiger partial charge is 0.454 e. The number of hydrogen-bond donors (Lipinski definition) is 0. The maximum Gasteiger partial charge on any atom is 0.231 e. The minimum absolute atomic E-state index is 0.276. The molecule has 3 aromatic rings. The lowest BCUT2D eigenvalue weighted by atomic mass is 10.2. The van der Waals surface area contributed by atoms with Gasteiger partial charge in [-0.1, -0.05) is 12.1 Å². The van der Waals surface area contributed by atoms with Crippen LogP contribution < -0.4 is 14.4 Å². The minimum atomic E-state index is 0.276. The van der Waals surface area contributed by atoms with Crippen LogP contribution in [-0.4, -0.2) is 23.8 Å². The van der Waals surface area contributed by atoms with Crippen LogP contribution in [0, 0.1) is 6.92 Å². The molecular formula is C17H15N3O2. The Kier molecular flexibility index (Phi) is 2.85. The third-order valence-corrected chi connectivity index (χ3v) is 3.76. The predicted octanol–water partition coefficient (Wildman–Crippen LogP) is 3.43. The standard InChI is InChI=1S/C17H15N3O2/c1-11-18-14-6-4-3-5-13(14)17(19-11)20(2)12-7-8-15-16(9-12)22-10-21-15/h3-9H,10H2,1-2H3. The summed E-state index contributed by atoms with van der Waals surface area (Å²) in [7, 11) is 1.99. The Labute approximate surface area is 128 Å². The highest BCUT2D eigenvalue weighted by Crippen LogP contribution is 2.37. The van der Waals surface area contributed by atoms with Crippen LogP contribution in [0.3, 0.4) is 0 Å². The molecule has 2 aromatic carbocycles. The number of fused-ring (bicyclic) bond motifs is 2. The van der Waals surface area contributed by atoms with Gasteiger partial charge in [-0.3, -0.25) is 0 Å². The van der Waals surface area contributed by atoms with Crippen LogP contribution in [0.2, 0.25) is 0 Å². The van der Waals surface area contributed by atoms with Gasteiger partial charge in [0.25, 0.3) is 0 Å². The fraction of sp³-hybridized carbons (Fsp3) is 0.176. The molecule has 0 spiro atoms. The molecule has 5 nitrogen and oxygen atoms in total. The number of para-hydroxylation sites is 1. The summed E-state index contributed by atoms with van der Waals surface area (Å²) in [5.74, 6) is 3.17. The van der Waals surface area contributed by atoms with E-state index in [4.69, 9.17) is 9.47 Å². The third kappa shape index (κ3) is 2.02. The van der Waals surface area contributed by atoms with Gasteiger partial charge in [-0.2, -0.15) is 0 Å². The van der Waals surface area contributed by atoms with Gasteiger partial charge in [0.15, 0.2) is 11.5 Å². The van der Waals surface area contributed by atoms with Gasteiger partial charge in [0.2, 0.25) is 6.79 Å². The predicted molar refractivity (Wildman–Crippen MR) is 84.9 cm³/mol. The number of hydrogen-bond acceptors (Lipinski definition) is 5. The van der Waals surface area contributed by atoms with Crippen LogP contribution in [-0.2, 0) is 0 Å². The van der Waals surface area contributed by atoms with E-state index < -0.39 is 0 Å². The number of aryl methyl sites for hydroxylation is 1. The van der Waals surface area contributed by atoms with E-state index in [1.165, 1.54) is 0 Å². The lowest BCUT2D eigenvalue weighted by Crippen LogP contribution is -2.13. The van der Waals surface area contributed by atoms with Crippen LogP contribution in [0.4, 0.5) is 11.5 Å². The molecule has 4 rings (SSSR count). The summed E-state index contributed by atoms with van der Waals surface area (Å²) in [6.45, 7) is 2.18. The van der Waals surface area contributed by atoms with E-state index in [0.29, 0.717) is 0 Å². The summed E-state index contributed by atoms with van der Waals surface area (Å²) in [6.07, 6.45) is 0. The highest BCUT2D eigenvalue weighted by molar-refractivity contribution is 5.91. The Morgan fingerprint density at radius 2 is 1.82 bits per heavy atom. The number of benzene rings is 2.